The van der Waals surface area contributed by atoms with E-state index in [1.165, 1.54) is 0 Å². The van der Waals surface area contributed by atoms with Gasteiger partial charge in [0.15, 0.2) is 0 Å². The molecule has 6 heteroatoms. The van der Waals surface area contributed by atoms with E-state index in [0.717, 1.165) is 23.6 Å². The van der Waals surface area contributed by atoms with Crippen LogP contribution in [-0.4, -0.2) is 23.3 Å². The topological polar surface area (TPSA) is 39.2 Å². The second kappa shape index (κ2) is 8.04. The van der Waals surface area contributed by atoms with E-state index in [1.807, 2.05) is 0 Å². The van der Waals surface area contributed by atoms with Crippen LogP contribution in [0, 0.1) is 0 Å². The van der Waals surface area contributed by atoms with Gasteiger partial charge in [0, 0.05) is 10.4 Å². The fraction of sp³-hybridized carbons (Fsp3) is 0.375. The molecule has 0 aliphatic carbocycles. The molecule has 2 rings (SSSR count). The van der Waals surface area contributed by atoms with Gasteiger partial charge in [-0.25, -0.2) is 9.78 Å². The number of thioether (sulfide) groups is 1. The van der Waals surface area contributed by atoms with Gasteiger partial charge >= 0.3 is 5.97 Å². The highest BCUT2D eigenvalue weighted by atomic mass is 35.5. The quantitative estimate of drug-likeness (QED) is 0.382. The fourth-order valence-corrected chi connectivity index (χ4v) is 3.54. The highest BCUT2D eigenvalue weighted by Crippen LogP contribution is 2.32. The minimum Gasteiger partial charge on any atom is -0.462 e. The third-order valence-corrected chi connectivity index (χ3v) is 4.56. The van der Waals surface area contributed by atoms with Crippen LogP contribution in [0.3, 0.4) is 0 Å². The van der Waals surface area contributed by atoms with E-state index in [-0.39, 0.29) is 5.97 Å². The number of carbonyl (C=O) groups excluding carboxylic acids is 1. The van der Waals surface area contributed by atoms with Crippen LogP contribution in [0.1, 0.15) is 37.0 Å². The van der Waals surface area contributed by atoms with E-state index in [9.17, 15) is 4.79 Å². The molecule has 118 valence electrons. The van der Waals surface area contributed by atoms with Gasteiger partial charge in [0.25, 0.3) is 0 Å². The van der Waals surface area contributed by atoms with Gasteiger partial charge in [-0.05, 0) is 37.3 Å². The number of hydrogen-bond donors (Lipinski definition) is 0. The summed E-state index contributed by atoms with van der Waals surface area (Å²) in [6.07, 6.45) is 2.20. The van der Waals surface area contributed by atoms with Crippen molar-refractivity contribution in [2.24, 2.45) is 0 Å². The third-order valence-electron chi connectivity index (χ3n) is 3.05. The second-order valence-corrected chi connectivity index (χ2v) is 6.67. The Balaban J connectivity index is 2.54. The molecule has 0 aliphatic rings. The van der Waals surface area contributed by atoms with Crippen LogP contribution in [0.5, 0.6) is 0 Å². The minimum absolute atomic E-state index is 0.315. The molecule has 0 saturated heterocycles. The van der Waals surface area contributed by atoms with Gasteiger partial charge in [0.1, 0.15) is 0 Å². The Labute approximate surface area is 144 Å². The molecule has 2 aromatic rings. The summed E-state index contributed by atoms with van der Waals surface area (Å²) < 4.78 is 5.13. The van der Waals surface area contributed by atoms with Crippen molar-refractivity contribution in [1.82, 2.24) is 4.98 Å². The molecule has 0 amide bonds. The Morgan fingerprint density at radius 1 is 1.27 bits per heavy atom. The summed E-state index contributed by atoms with van der Waals surface area (Å²) in [6.45, 7) is 4.23. The van der Waals surface area contributed by atoms with Crippen molar-refractivity contribution < 1.29 is 9.53 Å². The zero-order valence-electron chi connectivity index (χ0n) is 12.5. The number of benzene rings is 1. The predicted octanol–water partition coefficient (Wildman–Crippen LogP) is 5.61. The summed E-state index contributed by atoms with van der Waals surface area (Å²) in [6, 6.07) is 5.09. The monoisotopic (exact) mass is 357 g/mol. The van der Waals surface area contributed by atoms with Crippen molar-refractivity contribution in [2.75, 3.05) is 12.4 Å². The maximum Gasteiger partial charge on any atom is 0.338 e. The average molecular weight is 358 g/mol. The lowest BCUT2D eigenvalue weighted by Crippen LogP contribution is -2.06. The first kappa shape index (κ1) is 17.4. The number of ether oxygens (including phenoxy) is 1. The van der Waals surface area contributed by atoms with E-state index >= 15 is 0 Å². The van der Waals surface area contributed by atoms with Crippen molar-refractivity contribution in [3.63, 3.8) is 0 Å². The highest BCUT2D eigenvalue weighted by molar-refractivity contribution is 7.99. The van der Waals surface area contributed by atoms with Gasteiger partial charge in [0.2, 0.25) is 0 Å². The van der Waals surface area contributed by atoms with Crippen molar-refractivity contribution in [2.45, 2.75) is 31.7 Å². The SMILES string of the molecule is CCCCSc1cc(C(=O)OCC)c2cc(Cl)cc(Cl)c2n1. The van der Waals surface area contributed by atoms with Gasteiger partial charge in [-0.3, -0.25) is 0 Å². The molecule has 1 aromatic heterocycles. The first-order chi connectivity index (χ1) is 10.6. The van der Waals surface area contributed by atoms with E-state index in [1.54, 1.807) is 36.9 Å². The zero-order valence-corrected chi connectivity index (χ0v) is 14.8. The summed E-state index contributed by atoms with van der Waals surface area (Å²) in [4.78, 5) is 16.8. The van der Waals surface area contributed by atoms with Crippen LogP contribution < -0.4 is 0 Å². The normalized spacial score (nSPS) is 10.9. The second-order valence-electron chi connectivity index (χ2n) is 4.71. The fourth-order valence-electron chi connectivity index (χ4n) is 2.00. The molecule has 1 heterocycles. The van der Waals surface area contributed by atoms with Crippen LogP contribution >= 0.6 is 35.0 Å². The van der Waals surface area contributed by atoms with Crippen molar-refractivity contribution in [3.05, 3.63) is 33.8 Å². The molecule has 0 spiro atoms. The Kier molecular flexibility index (Phi) is 6.36. The Morgan fingerprint density at radius 3 is 2.73 bits per heavy atom. The third kappa shape index (κ3) is 4.06. The minimum atomic E-state index is -0.384. The molecule has 0 radical (unpaired) electrons. The standard InChI is InChI=1S/C16H17Cl2NO2S/c1-3-5-6-22-14-9-12(16(20)21-4-2)11-7-10(17)8-13(18)15(11)19-14/h7-9H,3-6H2,1-2H3. The molecule has 0 fully saturated rings. The Bertz CT molecular complexity index is 691. The number of pyridine rings is 1. The molecule has 3 nitrogen and oxygen atoms in total. The van der Waals surface area contributed by atoms with E-state index in [2.05, 4.69) is 11.9 Å². The van der Waals surface area contributed by atoms with Gasteiger partial charge < -0.3 is 4.74 Å². The van der Waals surface area contributed by atoms with Crippen molar-refractivity contribution >= 4 is 51.8 Å². The van der Waals surface area contributed by atoms with Crippen LogP contribution in [-0.2, 0) is 4.74 Å². The highest BCUT2D eigenvalue weighted by Gasteiger charge is 2.16. The van der Waals surface area contributed by atoms with Gasteiger partial charge in [0.05, 0.1) is 27.7 Å². The number of halogens is 2. The largest absolute Gasteiger partial charge is 0.462 e. The number of carbonyl (C=O) groups is 1. The molecule has 0 aliphatic heterocycles. The number of hydrogen-bond acceptors (Lipinski definition) is 4. The summed E-state index contributed by atoms with van der Waals surface area (Å²) in [5.74, 6) is 0.563. The van der Waals surface area contributed by atoms with Gasteiger partial charge in [-0.15, -0.1) is 11.8 Å². The van der Waals surface area contributed by atoms with Crippen molar-refractivity contribution in [1.29, 1.82) is 0 Å². The van der Waals surface area contributed by atoms with E-state index in [0.29, 0.717) is 33.1 Å². The number of fused-ring (bicyclic) bond motifs is 1. The van der Waals surface area contributed by atoms with E-state index in [4.69, 9.17) is 27.9 Å². The number of nitrogens with zero attached hydrogens (tertiary/aromatic N) is 1. The lowest BCUT2D eigenvalue weighted by atomic mass is 10.1. The van der Waals surface area contributed by atoms with Gasteiger partial charge in [-0.2, -0.15) is 0 Å². The molecule has 0 unspecified atom stereocenters. The number of rotatable bonds is 6. The summed E-state index contributed by atoms with van der Waals surface area (Å²) in [5, 5.41) is 2.30. The maximum atomic E-state index is 12.2. The Morgan fingerprint density at radius 2 is 2.05 bits per heavy atom. The van der Waals surface area contributed by atoms with Gasteiger partial charge in [-0.1, -0.05) is 36.5 Å². The van der Waals surface area contributed by atoms with Crippen LogP contribution in [0.25, 0.3) is 10.9 Å². The molecule has 0 N–H and O–H groups in total. The molecule has 0 bridgehead atoms. The molecule has 22 heavy (non-hydrogen) atoms. The smallest absolute Gasteiger partial charge is 0.338 e. The molecular weight excluding hydrogens is 341 g/mol. The number of unbranched alkanes of at least 4 members (excludes halogenated alkanes) is 1. The summed E-state index contributed by atoms with van der Waals surface area (Å²) in [5.41, 5.74) is 1.03. The maximum absolute atomic E-state index is 12.2. The van der Waals surface area contributed by atoms with Crippen molar-refractivity contribution in [3.8, 4) is 0 Å². The average Bonchev–Trinajstić information content (AvgIpc) is 2.47. The lowest BCUT2D eigenvalue weighted by Gasteiger charge is -2.10. The van der Waals surface area contributed by atoms with Crippen LogP contribution in [0.15, 0.2) is 23.2 Å². The molecule has 1 aromatic carbocycles. The number of esters is 1. The zero-order chi connectivity index (χ0) is 16.1. The molecule has 0 atom stereocenters. The number of aromatic nitrogens is 1. The Hall–Kier alpha value is -0.970. The van der Waals surface area contributed by atoms with E-state index < -0.39 is 0 Å². The molecule has 0 saturated carbocycles. The lowest BCUT2D eigenvalue weighted by molar-refractivity contribution is 0.0528. The van der Waals surface area contributed by atoms with Crippen LogP contribution in [0.4, 0.5) is 0 Å². The summed E-state index contributed by atoms with van der Waals surface area (Å²) >= 11 is 13.9. The first-order valence-corrected chi connectivity index (χ1v) is 8.90. The summed E-state index contributed by atoms with van der Waals surface area (Å²) in [7, 11) is 0. The first-order valence-electron chi connectivity index (χ1n) is 7.16. The predicted molar refractivity (Wildman–Crippen MR) is 93.4 cm³/mol. The van der Waals surface area contributed by atoms with Crippen LogP contribution in [0.2, 0.25) is 10.0 Å². The molecular formula is C16H17Cl2NO2S.